The SMILES string of the molecule is CC1(C)CCCC(NC(CCO)C(C)(C)C)CC1. The third-order valence-corrected chi connectivity index (χ3v) is 4.48. The molecule has 2 N–H and O–H groups in total. The van der Waals surface area contributed by atoms with E-state index < -0.39 is 0 Å². The highest BCUT2D eigenvalue weighted by atomic mass is 16.3. The van der Waals surface area contributed by atoms with Gasteiger partial charge in [0.15, 0.2) is 0 Å². The second-order valence-corrected chi connectivity index (χ2v) is 7.89. The lowest BCUT2D eigenvalue weighted by molar-refractivity contribution is 0.180. The van der Waals surface area contributed by atoms with Crippen LogP contribution in [0.15, 0.2) is 0 Å². The third kappa shape index (κ3) is 5.27. The Hall–Kier alpha value is -0.0800. The molecule has 0 bridgehead atoms. The molecule has 0 amide bonds. The van der Waals surface area contributed by atoms with Crippen LogP contribution in [0.2, 0.25) is 0 Å². The van der Waals surface area contributed by atoms with E-state index in [2.05, 4.69) is 39.9 Å². The first-order valence-corrected chi connectivity index (χ1v) is 7.61. The predicted molar refractivity (Wildman–Crippen MR) is 78.7 cm³/mol. The number of nitrogens with one attached hydrogen (secondary N) is 1. The number of aliphatic hydroxyl groups is 1. The Morgan fingerprint density at radius 3 is 2.44 bits per heavy atom. The second-order valence-electron chi connectivity index (χ2n) is 7.89. The fourth-order valence-electron chi connectivity index (χ4n) is 3.01. The molecule has 1 aliphatic carbocycles. The molecule has 0 aromatic rings. The number of hydrogen-bond acceptors (Lipinski definition) is 2. The van der Waals surface area contributed by atoms with E-state index >= 15 is 0 Å². The Labute approximate surface area is 114 Å². The summed E-state index contributed by atoms with van der Waals surface area (Å²) in [5, 5.41) is 13.0. The van der Waals surface area contributed by atoms with E-state index in [1.807, 2.05) is 0 Å². The van der Waals surface area contributed by atoms with Gasteiger partial charge in [-0.05, 0) is 42.9 Å². The molecule has 2 nitrogen and oxygen atoms in total. The van der Waals surface area contributed by atoms with Crippen molar-refractivity contribution in [1.82, 2.24) is 5.32 Å². The zero-order valence-electron chi connectivity index (χ0n) is 13.1. The monoisotopic (exact) mass is 255 g/mol. The molecule has 18 heavy (non-hydrogen) atoms. The van der Waals surface area contributed by atoms with E-state index in [4.69, 9.17) is 0 Å². The lowest BCUT2D eigenvalue weighted by atomic mass is 9.83. The van der Waals surface area contributed by atoms with Gasteiger partial charge in [-0.2, -0.15) is 0 Å². The van der Waals surface area contributed by atoms with Gasteiger partial charge in [0.2, 0.25) is 0 Å². The molecule has 108 valence electrons. The molecule has 0 spiro atoms. The quantitative estimate of drug-likeness (QED) is 0.750. The molecule has 1 fully saturated rings. The first-order valence-electron chi connectivity index (χ1n) is 7.61. The van der Waals surface area contributed by atoms with Crippen molar-refractivity contribution in [2.24, 2.45) is 10.8 Å². The van der Waals surface area contributed by atoms with Crippen LogP contribution in [0.1, 0.15) is 73.1 Å². The normalized spacial score (nSPS) is 26.7. The summed E-state index contributed by atoms with van der Waals surface area (Å²) in [5.41, 5.74) is 0.745. The highest BCUT2D eigenvalue weighted by molar-refractivity contribution is 4.86. The summed E-state index contributed by atoms with van der Waals surface area (Å²) in [7, 11) is 0. The van der Waals surface area contributed by atoms with E-state index in [0.717, 1.165) is 6.42 Å². The summed E-state index contributed by atoms with van der Waals surface area (Å²) < 4.78 is 0. The second kappa shape index (κ2) is 6.38. The zero-order valence-corrected chi connectivity index (χ0v) is 13.1. The number of aliphatic hydroxyl groups excluding tert-OH is 1. The van der Waals surface area contributed by atoms with Crippen LogP contribution >= 0.6 is 0 Å². The van der Waals surface area contributed by atoms with E-state index in [9.17, 15) is 5.11 Å². The molecule has 0 radical (unpaired) electrons. The fraction of sp³-hybridized carbons (Fsp3) is 1.00. The van der Waals surface area contributed by atoms with Gasteiger partial charge in [-0.1, -0.05) is 41.0 Å². The van der Waals surface area contributed by atoms with Crippen molar-refractivity contribution in [3.8, 4) is 0 Å². The molecular weight excluding hydrogens is 222 g/mol. The topological polar surface area (TPSA) is 32.3 Å². The largest absolute Gasteiger partial charge is 0.396 e. The first kappa shape index (κ1) is 16.0. The average Bonchev–Trinajstić information content (AvgIpc) is 2.38. The van der Waals surface area contributed by atoms with Crippen LogP contribution in [0.4, 0.5) is 0 Å². The summed E-state index contributed by atoms with van der Waals surface area (Å²) in [6, 6.07) is 1.07. The van der Waals surface area contributed by atoms with Crippen LogP contribution in [0.3, 0.4) is 0 Å². The van der Waals surface area contributed by atoms with Crippen LogP contribution in [0.25, 0.3) is 0 Å². The van der Waals surface area contributed by atoms with Crippen LogP contribution in [0.5, 0.6) is 0 Å². The van der Waals surface area contributed by atoms with Crippen molar-refractivity contribution in [3.63, 3.8) is 0 Å². The third-order valence-electron chi connectivity index (χ3n) is 4.48. The summed E-state index contributed by atoms with van der Waals surface area (Å²) in [6.45, 7) is 11.9. The molecule has 1 aliphatic rings. The molecule has 2 heteroatoms. The average molecular weight is 255 g/mol. The van der Waals surface area contributed by atoms with Crippen LogP contribution in [-0.4, -0.2) is 23.8 Å². The highest BCUT2D eigenvalue weighted by Crippen LogP contribution is 2.34. The first-order chi connectivity index (χ1) is 8.24. The van der Waals surface area contributed by atoms with Gasteiger partial charge in [0, 0.05) is 18.7 Å². The van der Waals surface area contributed by atoms with E-state index in [1.54, 1.807) is 0 Å². The predicted octanol–water partition coefficient (Wildman–Crippen LogP) is 3.73. The van der Waals surface area contributed by atoms with Crippen molar-refractivity contribution in [2.45, 2.75) is 85.2 Å². The summed E-state index contributed by atoms with van der Waals surface area (Å²) in [5.74, 6) is 0. The molecule has 0 aliphatic heterocycles. The Morgan fingerprint density at radius 1 is 1.22 bits per heavy atom. The molecule has 0 saturated heterocycles. The Bertz CT molecular complexity index is 242. The molecule has 2 unspecified atom stereocenters. The minimum atomic E-state index is 0.227. The maximum Gasteiger partial charge on any atom is 0.0446 e. The summed E-state index contributed by atoms with van der Waals surface area (Å²) in [6.07, 6.45) is 7.45. The maximum absolute atomic E-state index is 9.23. The Kier molecular flexibility index (Phi) is 5.67. The van der Waals surface area contributed by atoms with Crippen LogP contribution < -0.4 is 5.32 Å². The van der Waals surface area contributed by atoms with Gasteiger partial charge in [-0.3, -0.25) is 0 Å². The minimum Gasteiger partial charge on any atom is -0.396 e. The zero-order chi connectivity index (χ0) is 13.8. The van der Waals surface area contributed by atoms with Gasteiger partial charge in [0.25, 0.3) is 0 Å². The van der Waals surface area contributed by atoms with Gasteiger partial charge in [0.1, 0.15) is 0 Å². The van der Waals surface area contributed by atoms with E-state index in [1.165, 1.54) is 32.1 Å². The van der Waals surface area contributed by atoms with Crippen molar-refractivity contribution >= 4 is 0 Å². The molecule has 1 rings (SSSR count). The number of rotatable bonds is 4. The van der Waals surface area contributed by atoms with Crippen LogP contribution in [0, 0.1) is 10.8 Å². The van der Waals surface area contributed by atoms with E-state index in [0.29, 0.717) is 17.5 Å². The van der Waals surface area contributed by atoms with Gasteiger partial charge >= 0.3 is 0 Å². The molecule has 1 saturated carbocycles. The van der Waals surface area contributed by atoms with Crippen molar-refractivity contribution in [2.75, 3.05) is 6.61 Å². The van der Waals surface area contributed by atoms with E-state index in [-0.39, 0.29) is 12.0 Å². The Morgan fingerprint density at radius 2 is 1.89 bits per heavy atom. The van der Waals surface area contributed by atoms with Crippen LogP contribution in [-0.2, 0) is 0 Å². The van der Waals surface area contributed by atoms with Gasteiger partial charge in [-0.15, -0.1) is 0 Å². The standard InChI is InChI=1S/C16H33NO/c1-15(2,3)14(9-12-18)17-13-7-6-10-16(4,5)11-8-13/h13-14,17-18H,6-12H2,1-5H3. The molecule has 0 aromatic heterocycles. The summed E-state index contributed by atoms with van der Waals surface area (Å²) >= 11 is 0. The smallest absolute Gasteiger partial charge is 0.0446 e. The minimum absolute atomic E-state index is 0.227. The fourth-order valence-corrected chi connectivity index (χ4v) is 3.01. The maximum atomic E-state index is 9.23. The van der Waals surface area contributed by atoms with Gasteiger partial charge in [-0.25, -0.2) is 0 Å². The summed E-state index contributed by atoms with van der Waals surface area (Å²) in [4.78, 5) is 0. The molecule has 2 atom stereocenters. The Balaban J connectivity index is 2.54. The van der Waals surface area contributed by atoms with Gasteiger partial charge in [0.05, 0.1) is 0 Å². The number of hydrogen-bond donors (Lipinski definition) is 2. The van der Waals surface area contributed by atoms with Crippen molar-refractivity contribution in [3.05, 3.63) is 0 Å². The molecule has 0 aromatic carbocycles. The molecular formula is C16H33NO. The lowest BCUT2D eigenvalue weighted by Crippen LogP contribution is -2.46. The molecule has 0 heterocycles. The highest BCUT2D eigenvalue weighted by Gasteiger charge is 2.29. The van der Waals surface area contributed by atoms with Gasteiger partial charge < -0.3 is 10.4 Å². The van der Waals surface area contributed by atoms with Crippen molar-refractivity contribution < 1.29 is 5.11 Å². The lowest BCUT2D eigenvalue weighted by Gasteiger charge is -2.35. The van der Waals surface area contributed by atoms with Crippen molar-refractivity contribution in [1.29, 1.82) is 0 Å².